The second-order valence-corrected chi connectivity index (χ2v) is 14.1. The highest BCUT2D eigenvalue weighted by atomic mass is 16.3. The molecule has 0 aromatic carbocycles. The van der Waals surface area contributed by atoms with Crippen LogP contribution >= 0.6 is 0 Å². The number of aliphatic hydroxyl groups is 4. The van der Waals surface area contributed by atoms with Crippen molar-refractivity contribution in [1.82, 2.24) is 9.80 Å². The smallest absolute Gasteiger partial charge is 0.222 e. The summed E-state index contributed by atoms with van der Waals surface area (Å²) in [6, 6.07) is 0. The Kier molecular flexibility index (Phi) is 32.0. The molecule has 0 radical (unpaired) electrons. The van der Waals surface area contributed by atoms with E-state index >= 15 is 0 Å². The second kappa shape index (κ2) is 32.9. The van der Waals surface area contributed by atoms with Crippen LogP contribution in [0.5, 0.6) is 0 Å². The molecule has 0 rings (SSSR count). The van der Waals surface area contributed by atoms with E-state index in [9.17, 15) is 30.0 Å². The van der Waals surface area contributed by atoms with E-state index in [1.54, 1.807) is 0 Å². The van der Waals surface area contributed by atoms with E-state index in [1.807, 2.05) is 0 Å². The summed E-state index contributed by atoms with van der Waals surface area (Å²) in [6.45, 7) is 3.95. The van der Waals surface area contributed by atoms with Gasteiger partial charge in [0.25, 0.3) is 0 Å². The number of carbonyl (C=O) groups is 2. The van der Waals surface area contributed by atoms with Gasteiger partial charge in [-0.3, -0.25) is 9.59 Å². The fourth-order valence-electron chi connectivity index (χ4n) is 6.11. The molecule has 0 aromatic rings. The largest absolute Gasteiger partial charge is 0.390 e. The number of aliphatic hydroxyl groups excluding tert-OH is 4. The van der Waals surface area contributed by atoms with E-state index in [4.69, 9.17) is 11.5 Å². The van der Waals surface area contributed by atoms with Gasteiger partial charge in [0, 0.05) is 52.1 Å². The van der Waals surface area contributed by atoms with Gasteiger partial charge in [-0.2, -0.15) is 0 Å². The topological polar surface area (TPSA) is 174 Å². The Morgan fingerprint density at radius 1 is 0.438 bits per heavy atom. The van der Waals surface area contributed by atoms with E-state index in [1.165, 1.54) is 99.7 Å². The van der Waals surface area contributed by atoms with Crippen LogP contribution in [0.3, 0.4) is 0 Å². The molecule has 0 heterocycles. The van der Waals surface area contributed by atoms with Crippen LogP contribution in [0.2, 0.25) is 0 Å². The Balaban J connectivity index is 4.72. The maximum Gasteiger partial charge on any atom is 0.222 e. The molecule has 0 spiro atoms. The van der Waals surface area contributed by atoms with Crippen molar-refractivity contribution in [2.45, 2.75) is 192 Å². The predicted octanol–water partition coefficient (Wildman–Crippen LogP) is 5.41. The normalized spacial score (nSPS) is 14.1. The number of amides is 2. The van der Waals surface area contributed by atoms with Crippen LogP contribution in [0.15, 0.2) is 0 Å². The fraction of sp³-hybridized carbons (Fsp3) is 0.947. The average molecular weight is 687 g/mol. The Hall–Kier alpha value is -1.30. The molecule has 0 aliphatic carbocycles. The minimum Gasteiger partial charge on any atom is -0.390 e. The van der Waals surface area contributed by atoms with Crippen LogP contribution in [0.4, 0.5) is 0 Å². The highest BCUT2D eigenvalue weighted by molar-refractivity contribution is 5.76. The van der Waals surface area contributed by atoms with Crippen molar-refractivity contribution >= 4 is 11.8 Å². The lowest BCUT2D eigenvalue weighted by atomic mass is 10.0. The third-order valence-electron chi connectivity index (χ3n) is 9.36. The third kappa shape index (κ3) is 26.6. The summed E-state index contributed by atoms with van der Waals surface area (Å²) in [4.78, 5) is 28.9. The predicted molar refractivity (Wildman–Crippen MR) is 197 cm³/mol. The number of hydrogen-bond donors (Lipinski definition) is 6. The monoisotopic (exact) mass is 687 g/mol. The van der Waals surface area contributed by atoms with Crippen LogP contribution in [-0.2, 0) is 9.59 Å². The molecule has 10 nitrogen and oxygen atoms in total. The van der Waals surface area contributed by atoms with Gasteiger partial charge >= 0.3 is 0 Å². The van der Waals surface area contributed by atoms with Gasteiger partial charge in [0.05, 0.1) is 24.4 Å². The first kappa shape index (κ1) is 46.7. The molecule has 0 fully saturated rings. The fourth-order valence-corrected chi connectivity index (χ4v) is 6.11. The first-order chi connectivity index (χ1) is 23.2. The number of nitrogens with zero attached hydrogens (tertiary/aromatic N) is 2. The van der Waals surface area contributed by atoms with Crippen LogP contribution in [0.25, 0.3) is 0 Å². The maximum absolute atomic E-state index is 13.1. The van der Waals surface area contributed by atoms with Gasteiger partial charge in [0.1, 0.15) is 0 Å². The molecule has 0 saturated carbocycles. The standard InChI is InChI=1S/C38H78N4O6/c1-3-5-7-9-11-13-15-17-19-21-23-25-37(47)41(29-33(43)27-39)31-35(45)36(46)32-42(30-34(44)28-40)38(48)26-24-22-20-18-16-14-12-10-8-6-4-2/h33-36,43-46H,3-32,39-40H2,1-2H3. The van der Waals surface area contributed by atoms with E-state index in [0.717, 1.165) is 51.4 Å². The number of hydrogen-bond acceptors (Lipinski definition) is 8. The Morgan fingerprint density at radius 2 is 0.688 bits per heavy atom. The summed E-state index contributed by atoms with van der Waals surface area (Å²) in [5.74, 6) is -0.402. The molecule has 4 atom stereocenters. The minimum absolute atomic E-state index is 0.0286. The molecule has 2 amide bonds. The average Bonchev–Trinajstić information content (AvgIpc) is 3.08. The molecule has 4 unspecified atom stereocenters. The van der Waals surface area contributed by atoms with E-state index in [0.29, 0.717) is 12.8 Å². The molecular formula is C38H78N4O6. The van der Waals surface area contributed by atoms with E-state index in [2.05, 4.69) is 13.8 Å². The summed E-state index contributed by atoms with van der Waals surface area (Å²) in [5.41, 5.74) is 11.2. The van der Waals surface area contributed by atoms with Crippen LogP contribution in [0.1, 0.15) is 168 Å². The van der Waals surface area contributed by atoms with Gasteiger partial charge in [0.2, 0.25) is 11.8 Å². The molecule has 0 bridgehead atoms. The van der Waals surface area contributed by atoms with Crippen LogP contribution < -0.4 is 11.5 Å². The first-order valence-corrected chi connectivity index (χ1v) is 19.9. The van der Waals surface area contributed by atoms with Gasteiger partial charge in [-0.25, -0.2) is 0 Å². The van der Waals surface area contributed by atoms with Crippen molar-refractivity contribution in [3.05, 3.63) is 0 Å². The summed E-state index contributed by atoms with van der Waals surface area (Å²) in [7, 11) is 0. The van der Waals surface area contributed by atoms with Crippen LogP contribution in [0, 0.1) is 0 Å². The molecule has 286 valence electrons. The Labute approximate surface area is 294 Å². The summed E-state index contributed by atoms with van der Waals surface area (Å²) >= 11 is 0. The van der Waals surface area contributed by atoms with E-state index < -0.39 is 24.4 Å². The number of nitrogens with two attached hydrogens (primary N) is 2. The summed E-state index contributed by atoms with van der Waals surface area (Å²) in [6.07, 6.45) is 21.8. The zero-order valence-corrected chi connectivity index (χ0v) is 31.2. The molecule has 0 aliphatic rings. The lowest BCUT2D eigenvalue weighted by Crippen LogP contribution is -2.51. The van der Waals surface area contributed by atoms with Crippen molar-refractivity contribution in [2.75, 3.05) is 39.3 Å². The van der Waals surface area contributed by atoms with Gasteiger partial charge in [-0.15, -0.1) is 0 Å². The van der Waals surface area contributed by atoms with Crippen molar-refractivity contribution in [2.24, 2.45) is 11.5 Å². The van der Waals surface area contributed by atoms with Gasteiger partial charge in [-0.1, -0.05) is 142 Å². The maximum atomic E-state index is 13.1. The van der Waals surface area contributed by atoms with Crippen molar-refractivity contribution in [3.63, 3.8) is 0 Å². The zero-order valence-electron chi connectivity index (χ0n) is 31.2. The Morgan fingerprint density at radius 3 is 0.938 bits per heavy atom. The number of carbonyl (C=O) groups excluding carboxylic acids is 2. The lowest BCUT2D eigenvalue weighted by Gasteiger charge is -2.32. The second-order valence-electron chi connectivity index (χ2n) is 14.1. The van der Waals surface area contributed by atoms with Crippen molar-refractivity contribution in [1.29, 1.82) is 0 Å². The first-order valence-electron chi connectivity index (χ1n) is 19.9. The summed E-state index contributed by atoms with van der Waals surface area (Å²) in [5, 5.41) is 42.2. The van der Waals surface area contributed by atoms with Crippen LogP contribution in [-0.4, -0.2) is 106 Å². The summed E-state index contributed by atoms with van der Waals surface area (Å²) < 4.78 is 0. The SMILES string of the molecule is CCCCCCCCCCCCCC(=O)N(CC(O)CN)CC(O)C(O)CN(CC(O)CN)C(=O)CCCCCCCCCCCCC. The molecule has 10 heteroatoms. The quantitative estimate of drug-likeness (QED) is 0.0481. The molecule has 8 N–H and O–H groups in total. The van der Waals surface area contributed by atoms with Crippen molar-refractivity contribution in [3.8, 4) is 0 Å². The van der Waals surface area contributed by atoms with Crippen molar-refractivity contribution < 1.29 is 30.0 Å². The third-order valence-corrected chi connectivity index (χ3v) is 9.36. The molecule has 48 heavy (non-hydrogen) atoms. The molecule has 0 aromatic heterocycles. The highest BCUT2D eigenvalue weighted by Crippen LogP contribution is 2.15. The molecule has 0 aliphatic heterocycles. The zero-order chi connectivity index (χ0) is 35.8. The Bertz CT molecular complexity index is 686. The highest BCUT2D eigenvalue weighted by Gasteiger charge is 2.28. The molecular weight excluding hydrogens is 608 g/mol. The minimum atomic E-state index is -1.34. The van der Waals surface area contributed by atoms with E-state index in [-0.39, 0.29) is 51.1 Å². The molecule has 0 saturated heterocycles. The van der Waals surface area contributed by atoms with Gasteiger partial charge in [-0.05, 0) is 12.8 Å². The number of rotatable bonds is 35. The van der Waals surface area contributed by atoms with Gasteiger partial charge < -0.3 is 41.7 Å². The van der Waals surface area contributed by atoms with Gasteiger partial charge in [0.15, 0.2) is 0 Å². The lowest BCUT2D eigenvalue weighted by molar-refractivity contribution is -0.139. The number of unbranched alkanes of at least 4 members (excludes halogenated alkanes) is 20.